The van der Waals surface area contributed by atoms with Gasteiger partial charge in [-0.15, -0.1) is 0 Å². The lowest BCUT2D eigenvalue weighted by Crippen LogP contribution is -2.31. The van der Waals surface area contributed by atoms with Crippen LogP contribution >= 0.6 is 31.9 Å². The van der Waals surface area contributed by atoms with Crippen molar-refractivity contribution in [3.8, 4) is 11.5 Å². The molecule has 1 atom stereocenters. The van der Waals surface area contributed by atoms with E-state index in [9.17, 15) is 17.6 Å². The normalized spacial score (nSPS) is 16.6. The van der Waals surface area contributed by atoms with Crippen LogP contribution in [0, 0.1) is 0 Å². The van der Waals surface area contributed by atoms with Crippen LogP contribution in [0.3, 0.4) is 0 Å². The highest BCUT2D eigenvalue weighted by atomic mass is 79.9. The molecule has 19 heavy (non-hydrogen) atoms. The third kappa shape index (κ3) is 2.84. The molecule has 1 heterocycles. The molecule has 0 aliphatic carbocycles. The van der Waals surface area contributed by atoms with Gasteiger partial charge in [0.25, 0.3) is 0 Å². The second-order valence-corrected chi connectivity index (χ2v) is 5.63. The van der Waals surface area contributed by atoms with Crippen LogP contribution < -0.4 is 9.47 Å². The van der Waals surface area contributed by atoms with Crippen LogP contribution in [-0.4, -0.2) is 25.6 Å². The van der Waals surface area contributed by atoms with Gasteiger partial charge in [0.05, 0.1) is 0 Å². The first kappa shape index (κ1) is 14.9. The highest BCUT2D eigenvalue weighted by Gasteiger charge is 2.49. The zero-order valence-corrected chi connectivity index (χ0v) is 12.5. The first-order valence-corrected chi connectivity index (χ1v) is 6.94. The van der Waals surface area contributed by atoms with Gasteiger partial charge in [-0.05, 0) is 17.7 Å². The van der Waals surface area contributed by atoms with Crippen molar-refractivity contribution < 1.29 is 27.0 Å². The zero-order valence-electron chi connectivity index (χ0n) is 9.31. The van der Waals surface area contributed by atoms with E-state index in [1.807, 2.05) is 0 Å². The van der Waals surface area contributed by atoms with E-state index in [1.54, 1.807) is 0 Å². The molecule has 1 unspecified atom stereocenters. The fourth-order valence-corrected chi connectivity index (χ4v) is 3.03. The average molecular weight is 408 g/mol. The van der Waals surface area contributed by atoms with E-state index in [0.29, 0.717) is 12.4 Å². The Balaban J connectivity index is 2.40. The quantitative estimate of drug-likeness (QED) is 0.540. The first-order chi connectivity index (χ1) is 8.84. The van der Waals surface area contributed by atoms with Gasteiger partial charge in [0, 0.05) is 4.47 Å². The molecule has 0 N–H and O–H groups in total. The number of hydrogen-bond acceptors (Lipinski definition) is 2. The number of hydrogen-bond donors (Lipinski definition) is 0. The van der Waals surface area contributed by atoms with Gasteiger partial charge in [0.1, 0.15) is 18.0 Å². The van der Waals surface area contributed by atoms with Crippen molar-refractivity contribution >= 4 is 31.9 Å². The summed E-state index contributed by atoms with van der Waals surface area (Å²) in [6, 6.07) is 2.70. The number of ether oxygens (including phenoxy) is 2. The van der Waals surface area contributed by atoms with Crippen molar-refractivity contribution in [2.75, 3.05) is 13.2 Å². The van der Waals surface area contributed by atoms with Crippen molar-refractivity contribution in [3.63, 3.8) is 0 Å². The summed E-state index contributed by atoms with van der Waals surface area (Å²) in [6.07, 6.45) is -3.77. The minimum absolute atomic E-state index is 0.0189. The van der Waals surface area contributed by atoms with Gasteiger partial charge >= 0.3 is 12.3 Å². The predicted octanol–water partition coefficient (Wildman–Crippen LogP) is 4.56. The molecule has 0 amide bonds. The highest BCUT2D eigenvalue weighted by molar-refractivity contribution is 9.11. The van der Waals surface area contributed by atoms with E-state index in [1.165, 1.54) is 12.1 Å². The molecular weight excluding hydrogens is 400 g/mol. The van der Waals surface area contributed by atoms with Gasteiger partial charge in [-0.2, -0.15) is 8.78 Å². The number of halogens is 6. The van der Waals surface area contributed by atoms with Crippen molar-refractivity contribution in [2.45, 2.75) is 17.2 Å². The first-order valence-electron chi connectivity index (χ1n) is 5.23. The van der Waals surface area contributed by atoms with Crippen LogP contribution in [0.1, 0.15) is 10.4 Å². The maximum absolute atomic E-state index is 13.3. The molecule has 0 aromatic heterocycles. The molecule has 1 aliphatic rings. The summed E-state index contributed by atoms with van der Waals surface area (Å²) in [5.74, 6) is -3.53. The molecule has 2 nitrogen and oxygen atoms in total. The number of alkyl halides is 5. The topological polar surface area (TPSA) is 18.5 Å². The van der Waals surface area contributed by atoms with Crippen molar-refractivity contribution in [2.24, 2.45) is 0 Å². The van der Waals surface area contributed by atoms with E-state index >= 15 is 0 Å². The maximum atomic E-state index is 13.3. The zero-order chi connectivity index (χ0) is 14.2. The molecule has 0 bridgehead atoms. The third-order valence-corrected chi connectivity index (χ3v) is 4.35. The van der Waals surface area contributed by atoms with Gasteiger partial charge in [-0.1, -0.05) is 31.9 Å². The Morgan fingerprint density at radius 1 is 1.11 bits per heavy atom. The van der Waals surface area contributed by atoms with Crippen LogP contribution in [-0.2, 0) is 0 Å². The SMILES string of the molecule is FC(F)C(F)(F)C(Br)c1cc2c(cc1Br)OCCO2. The monoisotopic (exact) mass is 406 g/mol. The number of benzene rings is 1. The predicted molar refractivity (Wildman–Crippen MR) is 67.8 cm³/mol. The van der Waals surface area contributed by atoms with Gasteiger partial charge < -0.3 is 9.47 Å². The highest BCUT2D eigenvalue weighted by Crippen LogP contribution is 2.47. The van der Waals surface area contributed by atoms with Crippen LogP contribution in [0.5, 0.6) is 11.5 Å². The molecule has 0 radical (unpaired) electrons. The molecule has 1 aromatic rings. The van der Waals surface area contributed by atoms with E-state index in [4.69, 9.17) is 9.47 Å². The third-order valence-electron chi connectivity index (χ3n) is 2.56. The average Bonchev–Trinajstić information content (AvgIpc) is 2.36. The van der Waals surface area contributed by atoms with Crippen LogP contribution in [0.4, 0.5) is 17.6 Å². The Bertz CT molecular complexity index is 482. The molecule has 0 saturated carbocycles. The van der Waals surface area contributed by atoms with Crippen LogP contribution in [0.15, 0.2) is 16.6 Å². The summed E-state index contributed by atoms with van der Waals surface area (Å²) >= 11 is 5.70. The smallest absolute Gasteiger partial charge is 0.323 e. The fraction of sp³-hybridized carbons (Fsp3) is 0.455. The molecule has 106 valence electrons. The van der Waals surface area contributed by atoms with E-state index < -0.39 is 17.2 Å². The van der Waals surface area contributed by atoms with Gasteiger partial charge in [-0.25, -0.2) is 8.78 Å². The fourth-order valence-electron chi connectivity index (χ4n) is 1.59. The summed E-state index contributed by atoms with van der Waals surface area (Å²) in [7, 11) is 0. The largest absolute Gasteiger partial charge is 0.486 e. The Morgan fingerprint density at radius 2 is 1.63 bits per heavy atom. The summed E-state index contributed by atoms with van der Waals surface area (Å²) < 4.78 is 62.2. The molecule has 0 spiro atoms. The van der Waals surface area contributed by atoms with E-state index in [-0.39, 0.29) is 22.4 Å². The molecule has 0 saturated heterocycles. The Kier molecular flexibility index (Phi) is 4.29. The lowest BCUT2D eigenvalue weighted by Gasteiger charge is -2.25. The summed E-state index contributed by atoms with van der Waals surface area (Å²) in [4.78, 5) is -1.83. The Morgan fingerprint density at radius 3 is 2.16 bits per heavy atom. The van der Waals surface area contributed by atoms with Crippen molar-refractivity contribution in [3.05, 3.63) is 22.2 Å². The van der Waals surface area contributed by atoms with Crippen molar-refractivity contribution in [1.82, 2.24) is 0 Å². The van der Waals surface area contributed by atoms with E-state index in [2.05, 4.69) is 31.9 Å². The van der Waals surface area contributed by atoms with Crippen LogP contribution in [0.2, 0.25) is 0 Å². The lowest BCUT2D eigenvalue weighted by atomic mass is 10.1. The summed E-state index contributed by atoms with van der Waals surface area (Å²) in [5, 5.41) is 0. The van der Waals surface area contributed by atoms with Gasteiger partial charge in [0.2, 0.25) is 0 Å². The van der Waals surface area contributed by atoms with Crippen LogP contribution in [0.25, 0.3) is 0 Å². The molecule has 8 heteroatoms. The molecular formula is C11H8Br2F4O2. The standard InChI is InChI=1S/C11H8Br2F4O2/c12-6-4-8-7(18-1-2-19-8)3-5(6)9(13)11(16,17)10(14)15/h3-4,9-10H,1-2H2. The maximum Gasteiger partial charge on any atom is 0.323 e. The van der Waals surface area contributed by atoms with Gasteiger partial charge in [0.15, 0.2) is 11.5 Å². The van der Waals surface area contributed by atoms with Gasteiger partial charge in [-0.3, -0.25) is 0 Å². The molecule has 1 aromatic carbocycles. The molecule has 1 aliphatic heterocycles. The Labute approximate surface area is 123 Å². The lowest BCUT2D eigenvalue weighted by molar-refractivity contribution is -0.128. The number of rotatable bonds is 3. The summed E-state index contributed by atoms with van der Waals surface area (Å²) in [5.41, 5.74) is -0.0189. The second-order valence-electron chi connectivity index (χ2n) is 3.86. The summed E-state index contributed by atoms with van der Waals surface area (Å²) in [6.45, 7) is 0.635. The second kappa shape index (κ2) is 5.47. The number of fused-ring (bicyclic) bond motifs is 1. The molecule has 0 fully saturated rings. The van der Waals surface area contributed by atoms with E-state index in [0.717, 1.165) is 0 Å². The molecule has 2 rings (SSSR count). The Hall–Kier alpha value is -0.500. The minimum Gasteiger partial charge on any atom is -0.486 e. The minimum atomic E-state index is -4.19. The van der Waals surface area contributed by atoms with Crippen molar-refractivity contribution in [1.29, 1.82) is 0 Å².